The van der Waals surface area contributed by atoms with Crippen LogP contribution in [0.5, 0.6) is 0 Å². The van der Waals surface area contributed by atoms with Crippen LogP contribution in [-0.2, 0) is 4.79 Å². The van der Waals surface area contributed by atoms with Crippen molar-refractivity contribution in [2.24, 2.45) is 5.73 Å². The first-order valence-corrected chi connectivity index (χ1v) is 5.72. The van der Waals surface area contributed by atoms with E-state index < -0.39 is 5.54 Å². The first-order chi connectivity index (χ1) is 8.67. The van der Waals surface area contributed by atoms with E-state index >= 15 is 0 Å². The third-order valence-corrected chi connectivity index (χ3v) is 3.02. The second-order valence-corrected chi connectivity index (χ2v) is 4.49. The monoisotopic (exact) mass is 243 g/mol. The van der Waals surface area contributed by atoms with Crippen LogP contribution in [0.15, 0.2) is 37.1 Å². The van der Waals surface area contributed by atoms with Gasteiger partial charge in [-0.1, -0.05) is 0 Å². The summed E-state index contributed by atoms with van der Waals surface area (Å²) in [5, 5.41) is 2.77. The number of hydrogen-bond donors (Lipinski definition) is 2. The number of carbonyl (C=O) groups excluding carboxylic acids is 1. The van der Waals surface area contributed by atoms with Gasteiger partial charge in [-0.25, -0.2) is 9.97 Å². The Hall–Kier alpha value is -2.21. The van der Waals surface area contributed by atoms with Gasteiger partial charge in [0.1, 0.15) is 12.1 Å². The summed E-state index contributed by atoms with van der Waals surface area (Å²) in [5.74, 6) is 0.610. The van der Waals surface area contributed by atoms with Crippen molar-refractivity contribution in [2.75, 3.05) is 5.32 Å². The van der Waals surface area contributed by atoms with E-state index in [1.807, 2.05) is 6.07 Å². The van der Waals surface area contributed by atoms with E-state index in [4.69, 9.17) is 5.73 Å². The maximum Gasteiger partial charge on any atom is 0.244 e. The second kappa shape index (κ2) is 3.92. The first kappa shape index (κ1) is 10.9. The Morgan fingerprint density at radius 2 is 2.28 bits per heavy atom. The van der Waals surface area contributed by atoms with Crippen LogP contribution >= 0.6 is 0 Å². The van der Waals surface area contributed by atoms with Crippen LogP contribution in [0.1, 0.15) is 12.8 Å². The molecule has 3 rings (SSSR count). The highest BCUT2D eigenvalue weighted by Crippen LogP contribution is 2.33. The van der Waals surface area contributed by atoms with Gasteiger partial charge in [0, 0.05) is 12.4 Å². The van der Waals surface area contributed by atoms with Crippen molar-refractivity contribution in [3.05, 3.63) is 37.1 Å². The molecule has 2 heterocycles. The second-order valence-electron chi connectivity index (χ2n) is 4.49. The highest BCUT2D eigenvalue weighted by Gasteiger charge is 2.45. The average Bonchev–Trinajstić information content (AvgIpc) is 2.94. The van der Waals surface area contributed by atoms with E-state index in [2.05, 4.69) is 15.3 Å². The molecule has 18 heavy (non-hydrogen) atoms. The van der Waals surface area contributed by atoms with Crippen molar-refractivity contribution in [3.63, 3.8) is 0 Å². The summed E-state index contributed by atoms with van der Waals surface area (Å²) in [5.41, 5.74) is 5.79. The summed E-state index contributed by atoms with van der Waals surface area (Å²) < 4.78 is 1.79. The summed E-state index contributed by atoms with van der Waals surface area (Å²) in [6.07, 6.45) is 8.26. The van der Waals surface area contributed by atoms with E-state index in [9.17, 15) is 4.79 Å². The third-order valence-electron chi connectivity index (χ3n) is 3.02. The lowest BCUT2D eigenvalue weighted by Gasteiger charge is -2.10. The fourth-order valence-corrected chi connectivity index (χ4v) is 1.62. The molecule has 1 saturated carbocycles. The number of rotatable bonds is 3. The highest BCUT2D eigenvalue weighted by atomic mass is 16.2. The van der Waals surface area contributed by atoms with Crippen molar-refractivity contribution >= 4 is 11.6 Å². The van der Waals surface area contributed by atoms with Crippen LogP contribution in [0.25, 0.3) is 5.82 Å². The summed E-state index contributed by atoms with van der Waals surface area (Å²) >= 11 is 0. The molecule has 0 atom stereocenters. The van der Waals surface area contributed by atoms with Crippen LogP contribution in [0, 0.1) is 0 Å². The fourth-order valence-electron chi connectivity index (χ4n) is 1.62. The normalized spacial score (nSPS) is 16.3. The van der Waals surface area contributed by atoms with Gasteiger partial charge in [-0.2, -0.15) is 0 Å². The molecule has 1 aliphatic rings. The minimum absolute atomic E-state index is 0.139. The zero-order chi connectivity index (χ0) is 12.6. The molecule has 0 radical (unpaired) electrons. The summed E-state index contributed by atoms with van der Waals surface area (Å²) in [4.78, 5) is 19.9. The van der Waals surface area contributed by atoms with Crippen LogP contribution in [0.3, 0.4) is 0 Å². The molecule has 0 aromatic carbocycles. The first-order valence-electron chi connectivity index (χ1n) is 5.72. The maximum absolute atomic E-state index is 11.7. The minimum atomic E-state index is -0.664. The number of nitrogens with two attached hydrogens (primary N) is 1. The predicted molar refractivity (Wildman–Crippen MR) is 66.1 cm³/mol. The van der Waals surface area contributed by atoms with Crippen molar-refractivity contribution in [3.8, 4) is 5.82 Å². The minimum Gasteiger partial charge on any atom is -0.323 e. The van der Waals surface area contributed by atoms with Gasteiger partial charge in [0.15, 0.2) is 0 Å². The molecule has 0 bridgehead atoms. The number of nitrogens with one attached hydrogen (secondary N) is 1. The number of anilines is 1. The van der Waals surface area contributed by atoms with Crippen molar-refractivity contribution < 1.29 is 4.79 Å². The molecule has 0 unspecified atom stereocenters. The predicted octanol–water partition coefficient (Wildman–Crippen LogP) is 0.697. The van der Waals surface area contributed by atoms with Crippen molar-refractivity contribution in [1.82, 2.24) is 14.5 Å². The largest absolute Gasteiger partial charge is 0.323 e. The Balaban J connectivity index is 1.73. The molecule has 6 heteroatoms. The number of pyridine rings is 1. The summed E-state index contributed by atoms with van der Waals surface area (Å²) in [6, 6.07) is 3.61. The van der Waals surface area contributed by atoms with E-state index in [1.54, 1.807) is 35.6 Å². The molecular formula is C12H13N5O. The number of carbonyl (C=O) groups is 1. The Labute approximate surface area is 104 Å². The lowest BCUT2D eigenvalue weighted by atomic mass is 10.2. The van der Waals surface area contributed by atoms with E-state index in [0.29, 0.717) is 5.69 Å². The maximum atomic E-state index is 11.7. The Bertz CT molecular complexity index is 557. The Morgan fingerprint density at radius 1 is 1.44 bits per heavy atom. The SMILES string of the molecule is NC1(C(=O)Nc2ccc(-n3ccnc3)nc2)CC1. The number of aromatic nitrogens is 3. The molecule has 1 fully saturated rings. The third kappa shape index (κ3) is 1.98. The molecule has 2 aromatic rings. The van der Waals surface area contributed by atoms with Crippen LogP contribution in [0.2, 0.25) is 0 Å². The molecule has 0 spiro atoms. The summed E-state index contributed by atoms with van der Waals surface area (Å²) in [7, 11) is 0. The number of hydrogen-bond acceptors (Lipinski definition) is 4. The molecular weight excluding hydrogens is 230 g/mol. The number of imidazole rings is 1. The highest BCUT2D eigenvalue weighted by molar-refractivity contribution is 5.99. The lowest BCUT2D eigenvalue weighted by molar-refractivity contribution is -0.118. The zero-order valence-corrected chi connectivity index (χ0v) is 9.71. The standard InChI is InChI=1S/C12H13N5O/c13-12(3-4-12)11(18)16-9-1-2-10(15-7-9)17-6-5-14-8-17/h1-2,5-8H,3-4,13H2,(H,16,18). The van der Waals surface area contributed by atoms with Gasteiger partial charge in [0.25, 0.3) is 0 Å². The molecule has 1 aliphatic carbocycles. The summed E-state index contributed by atoms with van der Waals surface area (Å²) in [6.45, 7) is 0. The van der Waals surface area contributed by atoms with E-state index in [0.717, 1.165) is 18.7 Å². The quantitative estimate of drug-likeness (QED) is 0.830. The number of amides is 1. The van der Waals surface area contributed by atoms with Gasteiger partial charge in [-0.05, 0) is 25.0 Å². The fraction of sp³-hybridized carbons (Fsp3) is 0.250. The van der Waals surface area contributed by atoms with Crippen molar-refractivity contribution in [1.29, 1.82) is 0 Å². The average molecular weight is 243 g/mol. The molecule has 6 nitrogen and oxygen atoms in total. The van der Waals surface area contributed by atoms with Crippen LogP contribution < -0.4 is 11.1 Å². The molecule has 0 saturated heterocycles. The van der Waals surface area contributed by atoms with Gasteiger partial charge in [-0.3, -0.25) is 9.36 Å². The smallest absolute Gasteiger partial charge is 0.244 e. The van der Waals surface area contributed by atoms with E-state index in [-0.39, 0.29) is 5.91 Å². The topological polar surface area (TPSA) is 85.8 Å². The molecule has 0 aliphatic heterocycles. The molecule has 3 N–H and O–H groups in total. The van der Waals surface area contributed by atoms with Gasteiger partial charge < -0.3 is 11.1 Å². The molecule has 2 aromatic heterocycles. The number of nitrogens with zero attached hydrogens (tertiary/aromatic N) is 3. The van der Waals surface area contributed by atoms with Gasteiger partial charge in [-0.15, -0.1) is 0 Å². The molecule has 92 valence electrons. The lowest BCUT2D eigenvalue weighted by Crippen LogP contribution is -2.37. The Morgan fingerprint density at radius 3 is 2.83 bits per heavy atom. The van der Waals surface area contributed by atoms with Crippen molar-refractivity contribution in [2.45, 2.75) is 18.4 Å². The zero-order valence-electron chi connectivity index (χ0n) is 9.71. The molecule has 1 amide bonds. The van der Waals surface area contributed by atoms with Gasteiger partial charge >= 0.3 is 0 Å². The Kier molecular flexibility index (Phi) is 2.38. The van der Waals surface area contributed by atoms with Gasteiger partial charge in [0.05, 0.1) is 17.4 Å². The van der Waals surface area contributed by atoms with Crippen LogP contribution in [0.4, 0.5) is 5.69 Å². The van der Waals surface area contributed by atoms with E-state index in [1.165, 1.54) is 0 Å². The van der Waals surface area contributed by atoms with Gasteiger partial charge in [0.2, 0.25) is 5.91 Å². The van der Waals surface area contributed by atoms with Crippen LogP contribution in [-0.4, -0.2) is 26.0 Å².